The van der Waals surface area contributed by atoms with Crippen LogP contribution in [0, 0.1) is 0 Å². The summed E-state index contributed by atoms with van der Waals surface area (Å²) >= 11 is 0. The molecule has 0 radical (unpaired) electrons. The smallest absolute Gasteiger partial charge is 0.387 e. The zero-order valence-corrected chi connectivity index (χ0v) is 20.9. The molecular weight excluding hydrogens is 545 g/mol. The Morgan fingerprint density at radius 1 is 1.18 bits per heavy atom. The number of alkyl halides is 2. The van der Waals surface area contributed by atoms with Crippen molar-refractivity contribution in [2.75, 3.05) is 13.1 Å². The number of pyridine rings is 1. The van der Waals surface area contributed by atoms with Crippen LogP contribution in [0.2, 0.25) is 0 Å². The van der Waals surface area contributed by atoms with E-state index in [1.165, 1.54) is 25.0 Å². The third-order valence-electron chi connectivity index (χ3n) is 5.11. The van der Waals surface area contributed by atoms with E-state index in [1.807, 2.05) is 19.1 Å². The molecule has 0 aliphatic heterocycles. The number of aromatic nitrogens is 1. The van der Waals surface area contributed by atoms with Crippen LogP contribution in [-0.4, -0.2) is 41.9 Å². The first-order valence-electron chi connectivity index (χ1n) is 10.9. The molecule has 3 rings (SSSR count). The second-order valence-electron chi connectivity index (χ2n) is 7.57. The molecular formula is C23H31F2IN4O3. The lowest BCUT2D eigenvalue weighted by molar-refractivity contribution is -0.0498. The lowest BCUT2D eigenvalue weighted by atomic mass is 10.1. The summed E-state index contributed by atoms with van der Waals surface area (Å²) in [6.45, 7) is 0.364. The van der Waals surface area contributed by atoms with Gasteiger partial charge in [-0.1, -0.05) is 12.1 Å². The summed E-state index contributed by atoms with van der Waals surface area (Å²) in [5.74, 6) is 1.23. The lowest BCUT2D eigenvalue weighted by Gasteiger charge is -2.16. The van der Waals surface area contributed by atoms with Crippen molar-refractivity contribution in [3.05, 3.63) is 53.7 Å². The van der Waals surface area contributed by atoms with Gasteiger partial charge in [-0.2, -0.15) is 8.78 Å². The molecule has 0 spiro atoms. The van der Waals surface area contributed by atoms with Gasteiger partial charge in [0.1, 0.15) is 11.9 Å². The molecule has 1 atom stereocenters. The fourth-order valence-electron chi connectivity index (χ4n) is 3.48. The van der Waals surface area contributed by atoms with Gasteiger partial charge in [-0.15, -0.1) is 24.0 Å². The summed E-state index contributed by atoms with van der Waals surface area (Å²) in [5.41, 5.74) is 1.55. The molecule has 0 bridgehead atoms. The topological polar surface area (TPSA) is 88.0 Å². The Morgan fingerprint density at radius 3 is 2.58 bits per heavy atom. The average molecular weight is 576 g/mol. The lowest BCUT2D eigenvalue weighted by Crippen LogP contribution is -2.39. The minimum absolute atomic E-state index is 0. The van der Waals surface area contributed by atoms with Gasteiger partial charge in [0.25, 0.3) is 0 Å². The maximum atomic E-state index is 12.3. The molecule has 1 heterocycles. The highest BCUT2D eigenvalue weighted by Crippen LogP contribution is 2.23. The van der Waals surface area contributed by atoms with E-state index in [0.29, 0.717) is 30.5 Å². The molecule has 1 fully saturated rings. The first kappa shape index (κ1) is 27.0. The van der Waals surface area contributed by atoms with Crippen LogP contribution in [0.1, 0.15) is 49.8 Å². The summed E-state index contributed by atoms with van der Waals surface area (Å²) in [5, 5.41) is 16.7. The van der Waals surface area contributed by atoms with Gasteiger partial charge in [-0.25, -0.2) is 9.98 Å². The number of nitrogens with zero attached hydrogens (tertiary/aromatic N) is 2. The fraction of sp³-hybridized carbons (Fsp3) is 0.478. The summed E-state index contributed by atoms with van der Waals surface area (Å²) in [4.78, 5) is 8.86. The Morgan fingerprint density at radius 2 is 1.91 bits per heavy atom. The molecule has 1 unspecified atom stereocenters. The molecule has 1 aliphatic carbocycles. The van der Waals surface area contributed by atoms with E-state index >= 15 is 0 Å². The first-order chi connectivity index (χ1) is 15.5. The van der Waals surface area contributed by atoms with Gasteiger partial charge in [0.15, 0.2) is 5.96 Å². The quantitative estimate of drug-likeness (QED) is 0.221. The highest BCUT2D eigenvalue weighted by atomic mass is 127. The van der Waals surface area contributed by atoms with Crippen molar-refractivity contribution in [1.29, 1.82) is 0 Å². The van der Waals surface area contributed by atoms with E-state index in [0.717, 1.165) is 18.4 Å². The fourth-order valence-corrected chi connectivity index (χ4v) is 3.48. The normalized spacial score (nSPS) is 15.1. The number of guanidine groups is 1. The van der Waals surface area contributed by atoms with E-state index in [9.17, 15) is 13.9 Å². The summed E-state index contributed by atoms with van der Waals surface area (Å²) in [6.07, 6.45) is 5.67. The monoisotopic (exact) mass is 576 g/mol. The SMILES string of the molecule is CCNC(=NCc1ccnc(OC2CCCC2)c1)NCC(O)c1ccc(OC(F)F)cc1.I. The number of nitrogens with one attached hydrogen (secondary N) is 2. The van der Waals surface area contributed by atoms with Crippen molar-refractivity contribution in [2.45, 2.75) is 58.0 Å². The van der Waals surface area contributed by atoms with Gasteiger partial charge in [0.05, 0.1) is 12.6 Å². The minimum Gasteiger partial charge on any atom is -0.474 e. The summed E-state index contributed by atoms with van der Waals surface area (Å²) in [7, 11) is 0. The molecule has 3 N–H and O–H groups in total. The number of benzene rings is 1. The van der Waals surface area contributed by atoms with Crippen molar-refractivity contribution >= 4 is 29.9 Å². The molecule has 33 heavy (non-hydrogen) atoms. The van der Waals surface area contributed by atoms with Crippen molar-refractivity contribution in [3.63, 3.8) is 0 Å². The standard InChI is InChI=1S/C23H30F2N4O3.HI/c1-2-26-23(29-15-20(30)17-7-9-19(10-8-17)32-22(24)25)28-14-16-11-12-27-21(13-16)31-18-5-3-4-6-18;/h7-13,18,20,22,30H,2-6,14-15H2,1H3,(H2,26,28,29);1H. The van der Waals surface area contributed by atoms with Gasteiger partial charge in [0, 0.05) is 25.4 Å². The molecule has 1 saturated carbocycles. The van der Waals surface area contributed by atoms with Gasteiger partial charge in [-0.05, 0) is 61.9 Å². The van der Waals surface area contributed by atoms with Gasteiger partial charge >= 0.3 is 6.61 Å². The Labute approximate surface area is 210 Å². The van der Waals surface area contributed by atoms with Crippen LogP contribution in [0.25, 0.3) is 0 Å². The maximum Gasteiger partial charge on any atom is 0.387 e. The van der Waals surface area contributed by atoms with Crippen LogP contribution in [0.3, 0.4) is 0 Å². The number of ether oxygens (including phenoxy) is 2. The van der Waals surface area contributed by atoms with Crippen molar-refractivity contribution in [2.24, 2.45) is 4.99 Å². The number of aliphatic hydroxyl groups excluding tert-OH is 1. The zero-order valence-electron chi connectivity index (χ0n) is 18.5. The largest absolute Gasteiger partial charge is 0.474 e. The van der Waals surface area contributed by atoms with Crippen molar-refractivity contribution in [1.82, 2.24) is 15.6 Å². The van der Waals surface area contributed by atoms with Crippen LogP contribution < -0.4 is 20.1 Å². The Kier molecular flexibility index (Phi) is 11.6. The molecule has 0 amide bonds. The van der Waals surface area contributed by atoms with Crippen LogP contribution in [-0.2, 0) is 6.54 Å². The van der Waals surface area contributed by atoms with E-state index < -0.39 is 12.7 Å². The number of aliphatic hydroxyl groups is 1. The second-order valence-corrected chi connectivity index (χ2v) is 7.57. The number of hydrogen-bond donors (Lipinski definition) is 3. The highest BCUT2D eigenvalue weighted by Gasteiger charge is 2.17. The van der Waals surface area contributed by atoms with E-state index in [4.69, 9.17) is 4.74 Å². The third-order valence-corrected chi connectivity index (χ3v) is 5.11. The van der Waals surface area contributed by atoms with E-state index in [1.54, 1.807) is 18.3 Å². The third kappa shape index (κ3) is 9.28. The van der Waals surface area contributed by atoms with Crippen LogP contribution in [0.5, 0.6) is 11.6 Å². The highest BCUT2D eigenvalue weighted by molar-refractivity contribution is 14.0. The summed E-state index contributed by atoms with van der Waals surface area (Å²) < 4.78 is 34.8. The average Bonchev–Trinajstić information content (AvgIpc) is 3.29. The molecule has 1 aromatic heterocycles. The van der Waals surface area contributed by atoms with Crippen LogP contribution >= 0.6 is 24.0 Å². The van der Waals surface area contributed by atoms with Crippen molar-refractivity contribution in [3.8, 4) is 11.6 Å². The first-order valence-corrected chi connectivity index (χ1v) is 10.9. The van der Waals surface area contributed by atoms with E-state index in [2.05, 4.69) is 25.3 Å². The zero-order chi connectivity index (χ0) is 22.8. The molecule has 7 nitrogen and oxygen atoms in total. The Bertz CT molecular complexity index is 865. The molecule has 2 aromatic rings. The van der Waals surface area contributed by atoms with E-state index in [-0.39, 0.29) is 42.4 Å². The number of hydrogen-bond acceptors (Lipinski definition) is 5. The number of rotatable bonds is 10. The maximum absolute atomic E-state index is 12.3. The Balaban J connectivity index is 0.00000385. The van der Waals surface area contributed by atoms with Crippen LogP contribution in [0.4, 0.5) is 8.78 Å². The second kappa shape index (κ2) is 14.1. The molecule has 182 valence electrons. The minimum atomic E-state index is -2.88. The Hall–Kier alpha value is -2.21. The van der Waals surface area contributed by atoms with Gasteiger partial charge in [-0.3, -0.25) is 0 Å². The van der Waals surface area contributed by atoms with Crippen LogP contribution in [0.15, 0.2) is 47.6 Å². The predicted molar refractivity (Wildman–Crippen MR) is 133 cm³/mol. The molecule has 1 aliphatic rings. The summed E-state index contributed by atoms with van der Waals surface area (Å²) in [6, 6.07) is 9.71. The van der Waals surface area contributed by atoms with Gasteiger partial charge in [0.2, 0.25) is 5.88 Å². The predicted octanol–water partition coefficient (Wildman–Crippen LogP) is 4.41. The molecule has 10 heteroatoms. The molecule has 0 saturated heterocycles. The van der Waals surface area contributed by atoms with Crippen molar-refractivity contribution < 1.29 is 23.4 Å². The number of aliphatic imine (C=N–C) groups is 1. The molecule has 1 aromatic carbocycles. The number of halogens is 3. The van der Waals surface area contributed by atoms with Gasteiger partial charge < -0.3 is 25.2 Å².